The molecule has 68 valence electrons. The Labute approximate surface area is 82.8 Å². The Morgan fingerprint density at radius 2 is 2.31 bits per heavy atom. The minimum absolute atomic E-state index is 0.253. The van der Waals surface area contributed by atoms with Crippen LogP contribution in [0.4, 0.5) is 4.39 Å². The van der Waals surface area contributed by atoms with Gasteiger partial charge in [-0.25, -0.2) is 4.39 Å². The first kappa shape index (κ1) is 8.56. The number of H-pyrrole nitrogens is 1. The molecule has 0 amide bonds. The standard InChI is InChI=1S/C9H7BrFNO/c1-13-9-7(11)4-6(10)5-2-3-12-8(5)9/h2-4,12H,1H3. The van der Waals surface area contributed by atoms with Crippen molar-refractivity contribution in [2.45, 2.75) is 0 Å². The SMILES string of the molecule is COc1c(F)cc(Br)c2cc[nH]c12. The molecule has 4 heteroatoms. The number of fused-ring (bicyclic) bond motifs is 1. The number of aromatic nitrogens is 1. The lowest BCUT2D eigenvalue weighted by atomic mass is 10.2. The first-order valence-electron chi connectivity index (χ1n) is 3.73. The molecule has 1 heterocycles. The van der Waals surface area contributed by atoms with Crippen LogP contribution in [0.25, 0.3) is 10.9 Å². The normalized spacial score (nSPS) is 10.7. The lowest BCUT2D eigenvalue weighted by molar-refractivity contribution is 0.391. The highest BCUT2D eigenvalue weighted by molar-refractivity contribution is 9.10. The van der Waals surface area contributed by atoms with Gasteiger partial charge in [0.05, 0.1) is 12.6 Å². The zero-order chi connectivity index (χ0) is 9.42. The third-order valence-corrected chi connectivity index (χ3v) is 2.56. The van der Waals surface area contributed by atoms with Gasteiger partial charge < -0.3 is 9.72 Å². The van der Waals surface area contributed by atoms with E-state index in [1.807, 2.05) is 6.07 Å². The van der Waals surface area contributed by atoms with Crippen LogP contribution >= 0.6 is 15.9 Å². The first-order chi connectivity index (χ1) is 6.24. The maximum atomic E-state index is 13.3. The van der Waals surface area contributed by atoms with Gasteiger partial charge in [0.25, 0.3) is 0 Å². The molecular weight excluding hydrogens is 237 g/mol. The van der Waals surface area contributed by atoms with Crippen LogP contribution in [0.5, 0.6) is 5.75 Å². The Morgan fingerprint density at radius 3 is 3.00 bits per heavy atom. The van der Waals surface area contributed by atoms with Gasteiger partial charge in [-0.2, -0.15) is 0 Å². The molecule has 0 aliphatic heterocycles. The van der Waals surface area contributed by atoms with Gasteiger partial charge in [0.15, 0.2) is 11.6 Å². The van der Waals surface area contributed by atoms with Crippen LogP contribution in [0.3, 0.4) is 0 Å². The molecule has 0 atom stereocenters. The molecule has 1 N–H and O–H groups in total. The summed E-state index contributed by atoms with van der Waals surface area (Å²) in [6.45, 7) is 0. The van der Waals surface area contributed by atoms with Crippen molar-refractivity contribution >= 4 is 26.8 Å². The highest BCUT2D eigenvalue weighted by atomic mass is 79.9. The van der Waals surface area contributed by atoms with E-state index in [0.29, 0.717) is 5.52 Å². The smallest absolute Gasteiger partial charge is 0.178 e. The average molecular weight is 244 g/mol. The average Bonchev–Trinajstić information content (AvgIpc) is 2.53. The molecule has 1 aromatic heterocycles. The van der Waals surface area contributed by atoms with Crippen molar-refractivity contribution in [1.29, 1.82) is 0 Å². The van der Waals surface area contributed by atoms with Crippen molar-refractivity contribution in [3.8, 4) is 5.75 Å². The van der Waals surface area contributed by atoms with Gasteiger partial charge in [-0.1, -0.05) is 0 Å². The fraction of sp³-hybridized carbons (Fsp3) is 0.111. The Morgan fingerprint density at radius 1 is 1.54 bits per heavy atom. The predicted octanol–water partition coefficient (Wildman–Crippen LogP) is 3.08. The number of hydrogen-bond donors (Lipinski definition) is 1. The lowest BCUT2D eigenvalue weighted by Crippen LogP contribution is -1.89. The van der Waals surface area contributed by atoms with E-state index in [1.54, 1.807) is 6.20 Å². The van der Waals surface area contributed by atoms with Crippen molar-refractivity contribution in [3.63, 3.8) is 0 Å². The fourth-order valence-corrected chi connectivity index (χ4v) is 1.86. The second-order valence-corrected chi connectivity index (χ2v) is 3.49. The van der Waals surface area contributed by atoms with Crippen LogP contribution in [0.15, 0.2) is 22.8 Å². The number of nitrogens with one attached hydrogen (secondary N) is 1. The van der Waals surface area contributed by atoms with Gasteiger partial charge in [0, 0.05) is 16.1 Å². The van der Waals surface area contributed by atoms with E-state index < -0.39 is 0 Å². The molecule has 0 unspecified atom stereocenters. The Balaban J connectivity index is 2.88. The van der Waals surface area contributed by atoms with Crippen LogP contribution in [0.2, 0.25) is 0 Å². The topological polar surface area (TPSA) is 25.0 Å². The highest BCUT2D eigenvalue weighted by Crippen LogP contribution is 2.33. The van der Waals surface area contributed by atoms with Crippen molar-refractivity contribution in [2.24, 2.45) is 0 Å². The molecule has 0 radical (unpaired) electrons. The minimum Gasteiger partial charge on any atom is -0.492 e. The predicted molar refractivity (Wildman–Crippen MR) is 52.5 cm³/mol. The number of rotatable bonds is 1. The third-order valence-electron chi connectivity index (χ3n) is 1.91. The van der Waals surface area contributed by atoms with Gasteiger partial charge in [-0.3, -0.25) is 0 Å². The number of ether oxygens (including phenoxy) is 1. The van der Waals surface area contributed by atoms with E-state index in [0.717, 1.165) is 9.86 Å². The van der Waals surface area contributed by atoms with Crippen LogP contribution in [-0.2, 0) is 0 Å². The summed E-state index contributed by atoms with van der Waals surface area (Å²) in [6, 6.07) is 3.26. The number of benzene rings is 1. The summed E-state index contributed by atoms with van der Waals surface area (Å²) >= 11 is 3.27. The molecule has 2 nitrogen and oxygen atoms in total. The highest BCUT2D eigenvalue weighted by Gasteiger charge is 2.11. The summed E-state index contributed by atoms with van der Waals surface area (Å²) in [5.41, 5.74) is 0.675. The van der Waals surface area contributed by atoms with Crippen LogP contribution < -0.4 is 4.74 Å². The molecule has 0 bridgehead atoms. The van der Waals surface area contributed by atoms with Crippen molar-refractivity contribution in [1.82, 2.24) is 4.98 Å². The summed E-state index contributed by atoms with van der Waals surface area (Å²) in [5.74, 6) is -0.118. The summed E-state index contributed by atoms with van der Waals surface area (Å²) < 4.78 is 19.0. The largest absolute Gasteiger partial charge is 0.492 e. The molecule has 1 aromatic carbocycles. The van der Waals surface area contributed by atoms with E-state index in [1.165, 1.54) is 13.2 Å². The summed E-state index contributed by atoms with van der Waals surface area (Å²) in [4.78, 5) is 2.93. The Bertz CT molecular complexity index is 452. The number of aromatic amines is 1. The van der Waals surface area contributed by atoms with E-state index in [9.17, 15) is 4.39 Å². The lowest BCUT2D eigenvalue weighted by Gasteiger charge is -2.04. The van der Waals surface area contributed by atoms with Gasteiger partial charge in [-0.05, 0) is 28.1 Å². The van der Waals surface area contributed by atoms with Gasteiger partial charge >= 0.3 is 0 Å². The minimum atomic E-state index is -0.371. The number of methoxy groups -OCH3 is 1. The van der Waals surface area contributed by atoms with Gasteiger partial charge in [0.2, 0.25) is 0 Å². The van der Waals surface area contributed by atoms with Crippen LogP contribution in [0, 0.1) is 5.82 Å². The third kappa shape index (κ3) is 1.21. The molecule has 0 saturated heterocycles. The maximum absolute atomic E-state index is 13.3. The monoisotopic (exact) mass is 243 g/mol. The van der Waals surface area contributed by atoms with Crippen molar-refractivity contribution < 1.29 is 9.13 Å². The second kappa shape index (κ2) is 3.03. The number of halogens is 2. The molecule has 0 saturated carbocycles. The van der Waals surface area contributed by atoms with Crippen LogP contribution in [0.1, 0.15) is 0 Å². The molecule has 0 fully saturated rings. The fourth-order valence-electron chi connectivity index (χ4n) is 1.33. The molecule has 0 aliphatic carbocycles. The second-order valence-electron chi connectivity index (χ2n) is 2.64. The van der Waals surface area contributed by atoms with Crippen molar-refractivity contribution in [3.05, 3.63) is 28.6 Å². The van der Waals surface area contributed by atoms with E-state index in [2.05, 4.69) is 20.9 Å². The number of hydrogen-bond acceptors (Lipinski definition) is 1. The molecule has 0 spiro atoms. The summed E-state index contributed by atoms with van der Waals surface area (Å²) in [5, 5.41) is 0.915. The van der Waals surface area contributed by atoms with Gasteiger partial charge in [-0.15, -0.1) is 0 Å². The zero-order valence-corrected chi connectivity index (χ0v) is 8.48. The maximum Gasteiger partial charge on any atom is 0.178 e. The molecule has 0 aliphatic rings. The Kier molecular flexibility index (Phi) is 2.00. The van der Waals surface area contributed by atoms with E-state index in [4.69, 9.17) is 4.74 Å². The molecular formula is C9H7BrFNO. The summed E-state index contributed by atoms with van der Waals surface area (Å²) in [7, 11) is 1.45. The van der Waals surface area contributed by atoms with Gasteiger partial charge in [0.1, 0.15) is 0 Å². The first-order valence-corrected chi connectivity index (χ1v) is 4.52. The zero-order valence-electron chi connectivity index (χ0n) is 6.90. The molecule has 13 heavy (non-hydrogen) atoms. The van der Waals surface area contributed by atoms with Crippen LogP contribution in [-0.4, -0.2) is 12.1 Å². The molecule has 2 aromatic rings. The van der Waals surface area contributed by atoms with Crippen molar-refractivity contribution in [2.75, 3.05) is 7.11 Å². The van der Waals surface area contributed by atoms with E-state index >= 15 is 0 Å². The Hall–Kier alpha value is -1.03. The molecule has 2 rings (SSSR count). The summed E-state index contributed by atoms with van der Waals surface area (Å²) in [6.07, 6.45) is 1.75. The van der Waals surface area contributed by atoms with E-state index in [-0.39, 0.29) is 11.6 Å². The quantitative estimate of drug-likeness (QED) is 0.819.